The van der Waals surface area contributed by atoms with Crippen LogP contribution in [0.5, 0.6) is 5.75 Å². The first-order valence-electron chi connectivity index (χ1n) is 7.51. The summed E-state index contributed by atoms with van der Waals surface area (Å²) in [4.78, 5) is 17.8. The molecular weight excluding hydrogens is 317 g/mol. The van der Waals surface area contributed by atoms with Crippen LogP contribution >= 0.6 is 0 Å². The Bertz CT molecular complexity index is 673. The van der Waals surface area contributed by atoms with E-state index in [0.29, 0.717) is 32.1 Å². The van der Waals surface area contributed by atoms with Gasteiger partial charge in [0.2, 0.25) is 0 Å². The number of hydrazine groups is 1. The van der Waals surface area contributed by atoms with E-state index in [1.807, 2.05) is 4.90 Å². The minimum Gasteiger partial charge on any atom is -0.507 e. The summed E-state index contributed by atoms with van der Waals surface area (Å²) in [6.07, 6.45) is 0.377. The van der Waals surface area contributed by atoms with Crippen molar-refractivity contribution in [1.82, 2.24) is 21.1 Å². The van der Waals surface area contributed by atoms with Crippen molar-refractivity contribution in [1.29, 1.82) is 0 Å². The smallest absolute Gasteiger partial charge is 0.269 e. The summed E-state index contributed by atoms with van der Waals surface area (Å²) in [5.74, 6) is -0.811. The van der Waals surface area contributed by atoms with Crippen LogP contribution in [-0.2, 0) is 4.74 Å². The summed E-state index contributed by atoms with van der Waals surface area (Å²) in [6, 6.07) is 6.16. The van der Waals surface area contributed by atoms with Crippen LogP contribution in [0.25, 0.3) is 0 Å². The Kier molecular flexibility index (Phi) is 4.92. The standard InChI is InChI=1S/C15H18FN5O3/c16-11-9-17-15(18-13(11)21-5-7-24-8-6-21)20-19-14(23)10-3-1-2-4-12(10)22/h1-4,9,15,18,20,22H,5-8H2,(H,19,23). The topological polar surface area (TPSA) is 98.2 Å². The number of aromatic hydroxyl groups is 1. The van der Waals surface area contributed by atoms with E-state index in [1.54, 1.807) is 12.1 Å². The molecule has 1 aromatic carbocycles. The largest absolute Gasteiger partial charge is 0.507 e. The Hall–Kier alpha value is -2.65. The van der Waals surface area contributed by atoms with Gasteiger partial charge in [0, 0.05) is 13.1 Å². The van der Waals surface area contributed by atoms with Crippen molar-refractivity contribution < 1.29 is 19.0 Å². The Morgan fingerprint density at radius 2 is 2.12 bits per heavy atom. The van der Waals surface area contributed by atoms with Gasteiger partial charge in [-0.25, -0.2) is 9.38 Å². The molecule has 1 aromatic rings. The molecule has 9 heteroatoms. The zero-order valence-electron chi connectivity index (χ0n) is 12.8. The molecule has 128 valence electrons. The summed E-state index contributed by atoms with van der Waals surface area (Å²) >= 11 is 0. The average molecular weight is 335 g/mol. The summed E-state index contributed by atoms with van der Waals surface area (Å²) in [5.41, 5.74) is 5.22. The van der Waals surface area contributed by atoms with E-state index in [9.17, 15) is 14.3 Å². The zero-order valence-corrected chi connectivity index (χ0v) is 12.8. The second kappa shape index (κ2) is 7.28. The molecule has 8 nitrogen and oxygen atoms in total. The van der Waals surface area contributed by atoms with Gasteiger partial charge in [-0.1, -0.05) is 12.1 Å². The van der Waals surface area contributed by atoms with Crippen LogP contribution < -0.4 is 16.2 Å². The van der Waals surface area contributed by atoms with Gasteiger partial charge in [-0.05, 0) is 12.1 Å². The third-order valence-corrected chi connectivity index (χ3v) is 3.64. The monoisotopic (exact) mass is 335 g/mol. The van der Waals surface area contributed by atoms with E-state index in [2.05, 4.69) is 21.2 Å². The Balaban J connectivity index is 1.58. The molecule has 0 bridgehead atoms. The molecule has 4 N–H and O–H groups in total. The number of para-hydroxylation sites is 1. The predicted octanol–water partition coefficient (Wildman–Crippen LogP) is 0.0550. The van der Waals surface area contributed by atoms with Crippen LogP contribution in [0.2, 0.25) is 0 Å². The van der Waals surface area contributed by atoms with E-state index in [4.69, 9.17) is 4.74 Å². The lowest BCUT2D eigenvalue weighted by molar-refractivity contribution is 0.0473. The average Bonchev–Trinajstić information content (AvgIpc) is 2.62. The fourth-order valence-electron chi connectivity index (χ4n) is 2.41. The molecule has 3 rings (SSSR count). The van der Waals surface area contributed by atoms with E-state index in [0.717, 1.165) is 6.21 Å². The second-order valence-electron chi connectivity index (χ2n) is 5.24. The van der Waals surface area contributed by atoms with Gasteiger partial charge in [-0.3, -0.25) is 10.2 Å². The van der Waals surface area contributed by atoms with E-state index in [-0.39, 0.29) is 11.3 Å². The number of carbonyl (C=O) groups is 1. The van der Waals surface area contributed by atoms with Crippen molar-refractivity contribution in [3.63, 3.8) is 0 Å². The fraction of sp³-hybridized carbons (Fsp3) is 0.333. The molecule has 1 atom stereocenters. The summed E-state index contributed by atoms with van der Waals surface area (Å²) in [7, 11) is 0. The number of aliphatic imine (C=N–C) groups is 1. The molecule has 2 aliphatic heterocycles. The molecule has 0 spiro atoms. The van der Waals surface area contributed by atoms with E-state index >= 15 is 0 Å². The summed E-state index contributed by atoms with van der Waals surface area (Å²) in [6.45, 7) is 2.19. The Morgan fingerprint density at radius 1 is 1.38 bits per heavy atom. The quantitative estimate of drug-likeness (QED) is 0.581. The maximum Gasteiger partial charge on any atom is 0.269 e. The maximum absolute atomic E-state index is 14.0. The SMILES string of the molecule is O=C(NNC1N=CC(F)=C(N2CCOCC2)N1)c1ccccc1O. The van der Waals surface area contributed by atoms with Gasteiger partial charge >= 0.3 is 0 Å². The number of hydrogen-bond acceptors (Lipinski definition) is 7. The number of hydrogen-bond donors (Lipinski definition) is 4. The summed E-state index contributed by atoms with van der Waals surface area (Å²) in [5, 5.41) is 12.5. The highest BCUT2D eigenvalue weighted by Crippen LogP contribution is 2.16. The third-order valence-electron chi connectivity index (χ3n) is 3.64. The molecule has 1 amide bonds. The van der Waals surface area contributed by atoms with Crippen molar-refractivity contribution in [2.45, 2.75) is 6.29 Å². The molecule has 0 saturated carbocycles. The number of halogens is 1. The van der Waals surface area contributed by atoms with Crippen molar-refractivity contribution in [3.05, 3.63) is 41.5 Å². The molecule has 0 aliphatic carbocycles. The molecule has 0 radical (unpaired) electrons. The Labute approximate surface area is 138 Å². The number of allylic oxidation sites excluding steroid dienone is 1. The van der Waals surface area contributed by atoms with Gasteiger partial charge in [0.25, 0.3) is 5.91 Å². The van der Waals surface area contributed by atoms with Gasteiger partial charge in [0.15, 0.2) is 12.1 Å². The molecule has 2 heterocycles. The van der Waals surface area contributed by atoms with E-state index in [1.165, 1.54) is 12.1 Å². The van der Waals surface area contributed by atoms with Gasteiger partial charge in [-0.15, -0.1) is 0 Å². The van der Waals surface area contributed by atoms with Crippen LogP contribution in [0.4, 0.5) is 4.39 Å². The van der Waals surface area contributed by atoms with Crippen LogP contribution in [0, 0.1) is 0 Å². The maximum atomic E-state index is 14.0. The number of carbonyl (C=O) groups excluding carboxylic acids is 1. The number of benzene rings is 1. The summed E-state index contributed by atoms with van der Waals surface area (Å²) < 4.78 is 19.2. The number of nitrogens with one attached hydrogen (secondary N) is 3. The van der Waals surface area contributed by atoms with Crippen LogP contribution in [0.15, 0.2) is 40.9 Å². The molecule has 1 unspecified atom stereocenters. The normalized spacial score (nSPS) is 20.7. The van der Waals surface area contributed by atoms with Crippen molar-refractivity contribution in [2.75, 3.05) is 26.3 Å². The number of nitrogens with zero attached hydrogens (tertiary/aromatic N) is 2. The van der Waals surface area contributed by atoms with Crippen molar-refractivity contribution >= 4 is 12.1 Å². The molecule has 1 fully saturated rings. The van der Waals surface area contributed by atoms with E-state index < -0.39 is 18.0 Å². The first kappa shape index (κ1) is 16.2. The fourth-order valence-corrected chi connectivity index (χ4v) is 2.41. The molecular formula is C15H18FN5O3. The molecule has 24 heavy (non-hydrogen) atoms. The molecule has 1 saturated heterocycles. The third kappa shape index (κ3) is 3.63. The Morgan fingerprint density at radius 3 is 2.88 bits per heavy atom. The lowest BCUT2D eigenvalue weighted by atomic mass is 10.2. The minimum atomic E-state index is -0.725. The second-order valence-corrected chi connectivity index (χ2v) is 5.24. The first-order chi connectivity index (χ1) is 11.6. The first-order valence-corrected chi connectivity index (χ1v) is 7.51. The highest BCUT2D eigenvalue weighted by Gasteiger charge is 2.23. The highest BCUT2D eigenvalue weighted by molar-refractivity contribution is 5.96. The van der Waals surface area contributed by atoms with Gasteiger partial charge in [-0.2, -0.15) is 5.43 Å². The van der Waals surface area contributed by atoms with Crippen molar-refractivity contribution in [3.8, 4) is 5.75 Å². The number of amides is 1. The lowest BCUT2D eigenvalue weighted by Crippen LogP contribution is -2.54. The van der Waals surface area contributed by atoms with Gasteiger partial charge in [0.05, 0.1) is 25.0 Å². The highest BCUT2D eigenvalue weighted by atomic mass is 19.1. The van der Waals surface area contributed by atoms with Crippen LogP contribution in [-0.4, -0.2) is 54.7 Å². The molecule has 2 aliphatic rings. The van der Waals surface area contributed by atoms with Crippen LogP contribution in [0.1, 0.15) is 10.4 Å². The van der Waals surface area contributed by atoms with Gasteiger partial charge < -0.3 is 20.1 Å². The zero-order chi connectivity index (χ0) is 16.9. The van der Waals surface area contributed by atoms with Crippen LogP contribution in [0.3, 0.4) is 0 Å². The number of phenols is 1. The predicted molar refractivity (Wildman–Crippen MR) is 84.7 cm³/mol. The number of morpholine rings is 1. The number of ether oxygens (including phenoxy) is 1. The molecule has 0 aromatic heterocycles. The lowest BCUT2D eigenvalue weighted by Gasteiger charge is -2.34. The minimum absolute atomic E-state index is 0.125. The number of phenolic OH excluding ortho intramolecular Hbond substituents is 1. The number of rotatable bonds is 4. The van der Waals surface area contributed by atoms with Crippen molar-refractivity contribution in [2.24, 2.45) is 4.99 Å². The van der Waals surface area contributed by atoms with Gasteiger partial charge in [0.1, 0.15) is 11.6 Å².